The number of nitrogens with zero attached hydrogens (tertiary/aromatic N) is 3. The number of amides is 2. The van der Waals surface area contributed by atoms with E-state index in [0.717, 1.165) is 23.6 Å². The van der Waals surface area contributed by atoms with E-state index in [1.165, 1.54) is 5.56 Å². The van der Waals surface area contributed by atoms with Crippen LogP contribution < -0.4 is 15.4 Å². The van der Waals surface area contributed by atoms with Gasteiger partial charge in [0.15, 0.2) is 0 Å². The molecule has 1 aliphatic rings. The summed E-state index contributed by atoms with van der Waals surface area (Å²) in [5.41, 5.74) is 2.09. The van der Waals surface area contributed by atoms with E-state index in [9.17, 15) is 4.79 Å². The zero-order valence-corrected chi connectivity index (χ0v) is 14.1. The number of urea groups is 1. The molecule has 1 atom stereocenters. The van der Waals surface area contributed by atoms with E-state index in [1.807, 2.05) is 41.1 Å². The summed E-state index contributed by atoms with van der Waals surface area (Å²) < 4.78 is 7.64. The normalized spacial score (nSPS) is 15.2. The number of ether oxygens (including phenoxy) is 1. The minimum Gasteiger partial charge on any atom is -0.488 e. The van der Waals surface area contributed by atoms with Gasteiger partial charge in [-0.2, -0.15) is 0 Å². The minimum absolute atomic E-state index is 0.0296. The third-order valence-corrected chi connectivity index (χ3v) is 4.26. The van der Waals surface area contributed by atoms with Crippen molar-refractivity contribution >= 4 is 6.03 Å². The maximum absolute atomic E-state index is 12.1. The zero-order chi connectivity index (χ0) is 17.8. The Morgan fingerprint density at radius 1 is 1.19 bits per heavy atom. The van der Waals surface area contributed by atoms with Crippen molar-refractivity contribution in [3.05, 3.63) is 72.4 Å². The van der Waals surface area contributed by atoms with Gasteiger partial charge in [0.2, 0.25) is 0 Å². The van der Waals surface area contributed by atoms with Gasteiger partial charge in [-0.1, -0.05) is 24.3 Å². The molecule has 7 nitrogen and oxygen atoms in total. The van der Waals surface area contributed by atoms with Crippen LogP contribution in [0, 0.1) is 0 Å². The van der Waals surface area contributed by atoms with E-state index in [0.29, 0.717) is 13.1 Å². The Hall–Kier alpha value is -3.35. The van der Waals surface area contributed by atoms with Crippen LogP contribution in [0.15, 0.2) is 61.3 Å². The second kappa shape index (κ2) is 7.26. The van der Waals surface area contributed by atoms with Gasteiger partial charge in [-0.15, -0.1) is 0 Å². The first-order valence-electron chi connectivity index (χ1n) is 8.48. The number of imidazole rings is 1. The van der Waals surface area contributed by atoms with E-state index in [2.05, 4.69) is 26.7 Å². The van der Waals surface area contributed by atoms with Crippen LogP contribution in [0.3, 0.4) is 0 Å². The average molecular weight is 349 g/mol. The lowest BCUT2D eigenvalue weighted by Gasteiger charge is -2.13. The van der Waals surface area contributed by atoms with E-state index in [4.69, 9.17) is 4.74 Å². The molecule has 0 fully saturated rings. The molecule has 0 radical (unpaired) electrons. The first-order valence-corrected chi connectivity index (χ1v) is 8.48. The van der Waals surface area contributed by atoms with Gasteiger partial charge in [0, 0.05) is 37.1 Å². The third-order valence-electron chi connectivity index (χ3n) is 4.26. The molecule has 3 heterocycles. The Morgan fingerprint density at radius 2 is 2.12 bits per heavy atom. The number of aromatic nitrogens is 3. The average Bonchev–Trinajstić information content (AvgIpc) is 3.34. The van der Waals surface area contributed by atoms with Crippen molar-refractivity contribution in [2.24, 2.45) is 0 Å². The molecular formula is C19H19N5O2. The highest BCUT2D eigenvalue weighted by Crippen LogP contribution is 2.27. The van der Waals surface area contributed by atoms with Crippen molar-refractivity contribution in [2.75, 3.05) is 6.54 Å². The van der Waals surface area contributed by atoms with Crippen molar-refractivity contribution in [1.29, 1.82) is 0 Å². The highest BCUT2D eigenvalue weighted by atomic mass is 16.5. The number of hydrogen-bond acceptors (Lipinski definition) is 4. The monoisotopic (exact) mass is 349 g/mol. The number of rotatable bonds is 5. The lowest BCUT2D eigenvalue weighted by atomic mass is 10.1. The molecule has 0 unspecified atom stereocenters. The maximum Gasteiger partial charge on any atom is 0.315 e. The van der Waals surface area contributed by atoms with Crippen LogP contribution in [0.2, 0.25) is 0 Å². The van der Waals surface area contributed by atoms with Crippen molar-refractivity contribution in [2.45, 2.75) is 19.1 Å². The molecule has 4 rings (SSSR count). The fourth-order valence-corrected chi connectivity index (χ4v) is 3.00. The van der Waals surface area contributed by atoms with Crippen LogP contribution in [-0.2, 0) is 13.0 Å². The first-order chi connectivity index (χ1) is 12.8. The smallest absolute Gasteiger partial charge is 0.315 e. The summed E-state index contributed by atoms with van der Waals surface area (Å²) in [6, 6.07) is 11.5. The molecule has 0 bridgehead atoms. The quantitative estimate of drug-likeness (QED) is 0.739. The fraction of sp³-hybridized carbons (Fsp3) is 0.211. The number of para-hydroxylation sites is 1. The topological polar surface area (TPSA) is 81.1 Å². The molecule has 0 aliphatic carbocycles. The number of hydrogen-bond donors (Lipinski definition) is 2. The first kappa shape index (κ1) is 16.1. The molecule has 0 spiro atoms. The number of carbonyl (C=O) groups is 1. The molecular weight excluding hydrogens is 330 g/mol. The highest BCUT2D eigenvalue weighted by molar-refractivity contribution is 5.74. The third kappa shape index (κ3) is 3.51. The molecule has 26 heavy (non-hydrogen) atoms. The second-order valence-electron chi connectivity index (χ2n) is 6.07. The summed E-state index contributed by atoms with van der Waals surface area (Å²) in [7, 11) is 0. The molecule has 3 aromatic rings. The lowest BCUT2D eigenvalue weighted by Crippen LogP contribution is -2.40. The van der Waals surface area contributed by atoms with Crippen molar-refractivity contribution < 1.29 is 9.53 Å². The summed E-state index contributed by atoms with van der Waals surface area (Å²) in [5, 5.41) is 5.74. The summed E-state index contributed by atoms with van der Waals surface area (Å²) in [4.78, 5) is 20.5. The van der Waals surface area contributed by atoms with Crippen LogP contribution in [0.4, 0.5) is 4.79 Å². The molecule has 2 aromatic heterocycles. The van der Waals surface area contributed by atoms with Gasteiger partial charge in [-0.25, -0.2) is 14.8 Å². The van der Waals surface area contributed by atoms with Gasteiger partial charge >= 0.3 is 6.03 Å². The molecule has 0 saturated carbocycles. The van der Waals surface area contributed by atoms with Crippen LogP contribution in [0.5, 0.6) is 5.75 Å². The lowest BCUT2D eigenvalue weighted by molar-refractivity contribution is 0.214. The molecule has 7 heteroatoms. The predicted octanol–water partition coefficient (Wildman–Crippen LogP) is 2.07. The van der Waals surface area contributed by atoms with Crippen LogP contribution in [0.1, 0.15) is 11.1 Å². The number of nitrogens with one attached hydrogen (secondary N) is 2. The van der Waals surface area contributed by atoms with E-state index in [-0.39, 0.29) is 12.1 Å². The Kier molecular flexibility index (Phi) is 4.51. The fourth-order valence-electron chi connectivity index (χ4n) is 3.00. The Morgan fingerprint density at radius 3 is 2.96 bits per heavy atom. The zero-order valence-electron chi connectivity index (χ0n) is 14.1. The number of pyridine rings is 1. The van der Waals surface area contributed by atoms with E-state index < -0.39 is 0 Å². The van der Waals surface area contributed by atoms with Gasteiger partial charge in [-0.05, 0) is 17.7 Å². The number of benzene rings is 1. The Balaban J connectivity index is 1.29. The predicted molar refractivity (Wildman–Crippen MR) is 96.2 cm³/mol. The van der Waals surface area contributed by atoms with Crippen LogP contribution >= 0.6 is 0 Å². The van der Waals surface area contributed by atoms with Crippen molar-refractivity contribution in [3.63, 3.8) is 0 Å². The largest absolute Gasteiger partial charge is 0.488 e. The maximum atomic E-state index is 12.1. The molecule has 1 aliphatic heterocycles. The SMILES string of the molecule is O=C(NCc1cccnc1-n1ccnc1)NC[C@@H]1Cc2ccccc2O1. The van der Waals surface area contributed by atoms with Gasteiger partial charge in [0.25, 0.3) is 0 Å². The Labute approximate surface area is 151 Å². The minimum atomic E-state index is -0.231. The molecule has 132 valence electrons. The van der Waals surface area contributed by atoms with Gasteiger partial charge in [-0.3, -0.25) is 4.57 Å². The van der Waals surface area contributed by atoms with Crippen molar-refractivity contribution in [3.8, 4) is 11.6 Å². The Bertz CT molecular complexity index is 869. The molecule has 2 N–H and O–H groups in total. The highest BCUT2D eigenvalue weighted by Gasteiger charge is 2.22. The van der Waals surface area contributed by atoms with Gasteiger partial charge in [0.05, 0.1) is 6.54 Å². The molecule has 2 amide bonds. The summed E-state index contributed by atoms with van der Waals surface area (Å²) in [5.74, 6) is 1.65. The molecule has 0 saturated heterocycles. The number of fused-ring (bicyclic) bond motifs is 1. The van der Waals surface area contributed by atoms with E-state index >= 15 is 0 Å². The summed E-state index contributed by atoms with van der Waals surface area (Å²) in [6.45, 7) is 0.834. The van der Waals surface area contributed by atoms with Crippen LogP contribution in [0.25, 0.3) is 5.82 Å². The summed E-state index contributed by atoms with van der Waals surface area (Å²) in [6.07, 6.45) is 7.69. The summed E-state index contributed by atoms with van der Waals surface area (Å²) >= 11 is 0. The van der Waals surface area contributed by atoms with E-state index in [1.54, 1.807) is 18.7 Å². The molecule has 1 aromatic carbocycles. The number of carbonyl (C=O) groups excluding carboxylic acids is 1. The van der Waals surface area contributed by atoms with Gasteiger partial charge < -0.3 is 15.4 Å². The van der Waals surface area contributed by atoms with Crippen molar-refractivity contribution in [1.82, 2.24) is 25.2 Å². The van der Waals surface area contributed by atoms with Gasteiger partial charge in [0.1, 0.15) is 24.0 Å². The standard InChI is InChI=1S/C19H19N5O2/c25-19(23-12-16-10-14-4-1-2-6-17(14)26-16)22-11-15-5-3-7-21-18(15)24-9-8-20-13-24/h1-9,13,16H,10-12H2,(H2,22,23,25)/t16-/m0/s1. The van der Waals surface area contributed by atoms with Crippen LogP contribution in [-0.4, -0.2) is 33.2 Å². The second-order valence-corrected chi connectivity index (χ2v) is 6.07.